The van der Waals surface area contributed by atoms with Crippen LogP contribution in [0, 0.1) is 12.8 Å². The standard InChI is InChI=1S/C19H21ClF2N4O2.CH4O3S/c1-13-8-24-17(10-23-13)25-9-15-6-7-26(12-19(15,21)22)18(27)28-11-14-2-4-16(20)5-3-14;1-5(2,3)4/h2-5,8,10,15H,6-7,9,11-12H2,1H3,(H,24,25);1H3,(H,2,3,4)/t15-;/m1./s1. The Hall–Kier alpha value is -2.57. The van der Waals surface area contributed by atoms with Gasteiger partial charge in [0.25, 0.3) is 16.0 Å². The van der Waals surface area contributed by atoms with Gasteiger partial charge < -0.3 is 15.0 Å². The van der Waals surface area contributed by atoms with Crippen molar-refractivity contribution in [3.8, 4) is 0 Å². The zero-order valence-corrected chi connectivity index (χ0v) is 19.6. The Morgan fingerprint density at radius 2 is 1.94 bits per heavy atom. The van der Waals surface area contributed by atoms with Crippen LogP contribution in [0.5, 0.6) is 0 Å². The Morgan fingerprint density at radius 3 is 2.48 bits per heavy atom. The Balaban J connectivity index is 0.000000696. The van der Waals surface area contributed by atoms with Gasteiger partial charge in [-0.3, -0.25) is 9.54 Å². The van der Waals surface area contributed by atoms with Crippen LogP contribution in [-0.4, -0.2) is 65.7 Å². The lowest BCUT2D eigenvalue weighted by Gasteiger charge is -2.37. The summed E-state index contributed by atoms with van der Waals surface area (Å²) in [7, 11) is -3.67. The molecule has 33 heavy (non-hydrogen) atoms. The average molecular weight is 507 g/mol. The largest absolute Gasteiger partial charge is 0.445 e. The zero-order chi connectivity index (χ0) is 24.6. The minimum Gasteiger partial charge on any atom is -0.445 e. The van der Waals surface area contributed by atoms with Gasteiger partial charge in [0.05, 0.1) is 30.9 Å². The van der Waals surface area contributed by atoms with E-state index in [1.54, 1.807) is 37.4 Å². The molecule has 0 bridgehead atoms. The number of ether oxygens (including phenoxy) is 1. The summed E-state index contributed by atoms with van der Waals surface area (Å²) in [6.07, 6.45) is 3.21. The number of piperidine rings is 1. The molecule has 2 N–H and O–H groups in total. The van der Waals surface area contributed by atoms with E-state index in [2.05, 4.69) is 15.3 Å². The van der Waals surface area contributed by atoms with E-state index >= 15 is 0 Å². The highest BCUT2D eigenvalue weighted by atomic mass is 35.5. The fourth-order valence-corrected chi connectivity index (χ4v) is 3.05. The summed E-state index contributed by atoms with van der Waals surface area (Å²) in [6, 6.07) is 6.79. The second kappa shape index (κ2) is 11.5. The molecule has 0 unspecified atom stereocenters. The zero-order valence-electron chi connectivity index (χ0n) is 18.0. The van der Waals surface area contributed by atoms with Gasteiger partial charge in [-0.2, -0.15) is 8.42 Å². The van der Waals surface area contributed by atoms with Gasteiger partial charge in [-0.15, -0.1) is 0 Å². The average Bonchev–Trinajstić information content (AvgIpc) is 2.71. The number of carbonyl (C=O) groups is 1. The first-order chi connectivity index (χ1) is 15.3. The highest BCUT2D eigenvalue weighted by molar-refractivity contribution is 7.85. The van der Waals surface area contributed by atoms with Crippen LogP contribution in [0.15, 0.2) is 36.7 Å². The van der Waals surface area contributed by atoms with E-state index in [0.29, 0.717) is 17.1 Å². The van der Waals surface area contributed by atoms with Gasteiger partial charge in [-0.25, -0.2) is 18.6 Å². The topological polar surface area (TPSA) is 122 Å². The van der Waals surface area contributed by atoms with Crippen molar-refractivity contribution in [2.75, 3.05) is 31.2 Å². The van der Waals surface area contributed by atoms with E-state index in [0.717, 1.165) is 16.2 Å². The van der Waals surface area contributed by atoms with Gasteiger partial charge in [0.1, 0.15) is 12.4 Å². The molecule has 1 aromatic heterocycles. The lowest BCUT2D eigenvalue weighted by molar-refractivity contribution is -0.101. The number of aryl methyl sites for hydroxylation is 1. The lowest BCUT2D eigenvalue weighted by Crippen LogP contribution is -2.52. The van der Waals surface area contributed by atoms with Crippen molar-refractivity contribution in [3.63, 3.8) is 0 Å². The Kier molecular flexibility index (Phi) is 9.32. The van der Waals surface area contributed by atoms with Crippen LogP contribution in [0.25, 0.3) is 0 Å². The molecule has 0 radical (unpaired) electrons. The minimum atomic E-state index is -3.67. The number of halogens is 3. The number of aromatic nitrogens is 2. The molecule has 0 spiro atoms. The number of nitrogens with one attached hydrogen (secondary N) is 1. The fraction of sp³-hybridized carbons (Fsp3) is 0.450. The molecule has 0 aliphatic carbocycles. The normalized spacial score (nSPS) is 17.5. The van der Waals surface area contributed by atoms with Gasteiger partial charge in [0, 0.05) is 24.0 Å². The maximum absolute atomic E-state index is 14.5. The van der Waals surface area contributed by atoms with Crippen LogP contribution in [0.3, 0.4) is 0 Å². The number of amides is 1. The number of alkyl halides is 2. The van der Waals surface area contributed by atoms with Crippen molar-refractivity contribution in [2.24, 2.45) is 5.92 Å². The van der Waals surface area contributed by atoms with E-state index in [-0.39, 0.29) is 26.1 Å². The van der Waals surface area contributed by atoms with Crippen molar-refractivity contribution >= 4 is 33.6 Å². The number of hydrogen-bond acceptors (Lipinski definition) is 7. The van der Waals surface area contributed by atoms with Gasteiger partial charge in [-0.05, 0) is 31.0 Å². The number of benzene rings is 1. The number of carbonyl (C=O) groups excluding carboxylic acids is 1. The highest BCUT2D eigenvalue weighted by Crippen LogP contribution is 2.33. The second-order valence-corrected chi connectivity index (χ2v) is 9.41. The molecule has 1 saturated heterocycles. The fourth-order valence-electron chi connectivity index (χ4n) is 2.92. The Morgan fingerprint density at radius 1 is 1.30 bits per heavy atom. The monoisotopic (exact) mass is 506 g/mol. The van der Waals surface area contributed by atoms with E-state index in [9.17, 15) is 22.0 Å². The number of rotatable bonds is 5. The second-order valence-electron chi connectivity index (χ2n) is 7.51. The quantitative estimate of drug-likeness (QED) is 0.589. The summed E-state index contributed by atoms with van der Waals surface area (Å²) in [6.45, 7) is 1.40. The molecule has 1 amide bonds. The first kappa shape index (κ1) is 26.7. The molecule has 1 fully saturated rings. The number of anilines is 1. The van der Waals surface area contributed by atoms with Crippen molar-refractivity contribution in [1.29, 1.82) is 0 Å². The predicted molar refractivity (Wildman–Crippen MR) is 119 cm³/mol. The summed E-state index contributed by atoms with van der Waals surface area (Å²) < 4.78 is 60.0. The summed E-state index contributed by atoms with van der Waals surface area (Å²) in [5.74, 6) is -3.48. The summed E-state index contributed by atoms with van der Waals surface area (Å²) >= 11 is 5.80. The minimum absolute atomic E-state index is 0.00908. The maximum Gasteiger partial charge on any atom is 0.410 e. The first-order valence-corrected chi connectivity index (χ1v) is 12.0. The molecule has 9 nitrogen and oxygen atoms in total. The molecule has 1 aromatic carbocycles. The van der Waals surface area contributed by atoms with Crippen LogP contribution in [0.4, 0.5) is 19.4 Å². The molecule has 182 valence electrons. The SMILES string of the molecule is CS(=O)(=O)O.Cc1cnc(NC[C@H]2CCN(C(=O)OCc3ccc(Cl)cc3)CC2(F)F)cn1. The molecule has 13 heteroatoms. The molecule has 2 heterocycles. The Bertz CT molecular complexity index is 1020. The van der Waals surface area contributed by atoms with E-state index in [1.165, 1.54) is 6.20 Å². The Labute approximate surface area is 195 Å². The summed E-state index contributed by atoms with van der Waals surface area (Å²) in [5.41, 5.74) is 1.49. The highest BCUT2D eigenvalue weighted by Gasteiger charge is 2.46. The number of nitrogens with zero attached hydrogens (tertiary/aromatic N) is 3. The van der Waals surface area contributed by atoms with Gasteiger partial charge in [0.15, 0.2) is 0 Å². The molecule has 1 aliphatic heterocycles. The third kappa shape index (κ3) is 9.84. The molecule has 1 aliphatic rings. The predicted octanol–water partition coefficient (Wildman–Crippen LogP) is 3.65. The molecule has 2 aromatic rings. The van der Waals surface area contributed by atoms with Crippen LogP contribution < -0.4 is 5.32 Å². The van der Waals surface area contributed by atoms with E-state index < -0.39 is 34.6 Å². The maximum atomic E-state index is 14.5. The van der Waals surface area contributed by atoms with Crippen molar-refractivity contribution in [1.82, 2.24) is 14.9 Å². The van der Waals surface area contributed by atoms with Gasteiger partial charge in [0.2, 0.25) is 0 Å². The number of hydrogen-bond donors (Lipinski definition) is 2. The first-order valence-electron chi connectivity index (χ1n) is 9.82. The van der Waals surface area contributed by atoms with E-state index in [1.807, 2.05) is 0 Å². The van der Waals surface area contributed by atoms with Gasteiger partial charge >= 0.3 is 6.09 Å². The van der Waals surface area contributed by atoms with Gasteiger partial charge in [-0.1, -0.05) is 23.7 Å². The van der Waals surface area contributed by atoms with Crippen LogP contribution >= 0.6 is 11.6 Å². The van der Waals surface area contributed by atoms with Crippen LogP contribution in [0.2, 0.25) is 5.02 Å². The van der Waals surface area contributed by atoms with Crippen LogP contribution in [0.1, 0.15) is 17.7 Å². The summed E-state index contributed by atoms with van der Waals surface area (Å²) in [5, 5.41) is 3.46. The third-order valence-corrected chi connectivity index (χ3v) is 4.84. The van der Waals surface area contributed by atoms with Crippen molar-refractivity contribution < 1.29 is 31.3 Å². The summed E-state index contributed by atoms with van der Waals surface area (Å²) in [4.78, 5) is 21.4. The molecule has 3 rings (SSSR count). The molecular formula is C20H25ClF2N4O5S. The van der Waals surface area contributed by atoms with Crippen molar-refractivity contribution in [2.45, 2.75) is 25.9 Å². The van der Waals surface area contributed by atoms with Crippen molar-refractivity contribution in [3.05, 3.63) is 52.9 Å². The molecular weight excluding hydrogens is 482 g/mol. The smallest absolute Gasteiger partial charge is 0.410 e. The van der Waals surface area contributed by atoms with E-state index in [4.69, 9.17) is 20.9 Å². The van der Waals surface area contributed by atoms with Crippen LogP contribution in [-0.2, 0) is 21.5 Å². The lowest BCUT2D eigenvalue weighted by atomic mass is 9.93. The number of likely N-dealkylation sites (tertiary alicyclic amines) is 1. The third-order valence-electron chi connectivity index (χ3n) is 4.59. The molecule has 1 atom stereocenters. The molecule has 0 saturated carbocycles.